The van der Waals surface area contributed by atoms with Gasteiger partial charge in [0.2, 0.25) is 0 Å². The molecule has 0 radical (unpaired) electrons. The number of halogens is 2. The van der Waals surface area contributed by atoms with Crippen LogP contribution in [0.5, 0.6) is 0 Å². The Morgan fingerprint density at radius 2 is 1.00 bits per heavy atom. The Morgan fingerprint density at radius 3 is 1.00 bits per heavy atom. The molecular formula is C2H11CaCl2NO4Sr. The van der Waals surface area contributed by atoms with Crippen molar-refractivity contribution in [3.63, 3.8) is 0 Å². The third kappa shape index (κ3) is 33.0. The monoisotopic (exact) mass is 311 g/mol. The molecule has 0 saturated carbocycles. The fourth-order valence-corrected chi connectivity index (χ4v) is 0. The van der Waals surface area contributed by atoms with Crippen LogP contribution >= 0.6 is 24.8 Å². The molecule has 66 valence electrons. The van der Waals surface area contributed by atoms with Gasteiger partial charge in [-0.2, -0.15) is 0 Å². The van der Waals surface area contributed by atoms with Crippen LogP contribution in [0, 0.1) is 0 Å². The summed E-state index contributed by atoms with van der Waals surface area (Å²) in [6, 6.07) is 0. The van der Waals surface area contributed by atoms with Crippen LogP contribution in [-0.2, 0) is 9.59 Å². The molecule has 0 rings (SSSR count). The SMILES string of the molecule is Cl.Cl.N.O=C(O)C(=O)O.[CaH2].[SrH2]. The van der Waals surface area contributed by atoms with Crippen LogP contribution in [0.2, 0.25) is 0 Å². The summed E-state index contributed by atoms with van der Waals surface area (Å²) in [6.45, 7) is 0. The molecule has 0 fully saturated rings. The van der Waals surface area contributed by atoms with E-state index >= 15 is 0 Å². The van der Waals surface area contributed by atoms with Gasteiger partial charge in [-0.3, -0.25) is 0 Å². The summed E-state index contributed by atoms with van der Waals surface area (Å²) in [5.74, 6) is -3.65. The van der Waals surface area contributed by atoms with Crippen LogP contribution in [0.25, 0.3) is 0 Å². The van der Waals surface area contributed by atoms with E-state index in [-0.39, 0.29) is 114 Å². The van der Waals surface area contributed by atoms with Gasteiger partial charge in [0.15, 0.2) is 0 Å². The average Bonchev–Trinajstić information content (AvgIpc) is 1.36. The Hall–Kier alpha value is 2.22. The Balaban J connectivity index is -0.0000000125. The molecule has 5 nitrogen and oxygen atoms in total. The molecule has 0 aromatic rings. The maximum absolute atomic E-state index is 9.10. The van der Waals surface area contributed by atoms with Gasteiger partial charge in [-0.05, 0) is 0 Å². The molecule has 0 unspecified atom stereocenters. The topological polar surface area (TPSA) is 110 Å². The quantitative estimate of drug-likeness (QED) is 0.366. The summed E-state index contributed by atoms with van der Waals surface area (Å²) in [4.78, 5) is 18.2. The van der Waals surface area contributed by atoms with Gasteiger partial charge in [0.25, 0.3) is 0 Å². The van der Waals surface area contributed by atoms with Gasteiger partial charge < -0.3 is 16.4 Å². The summed E-state index contributed by atoms with van der Waals surface area (Å²) in [6.07, 6.45) is 0. The molecule has 0 saturated heterocycles. The molecule has 0 heterocycles. The maximum atomic E-state index is 9.10. The summed E-state index contributed by atoms with van der Waals surface area (Å²) in [5.41, 5.74) is 0. The molecule has 5 N–H and O–H groups in total. The van der Waals surface area contributed by atoms with Crippen molar-refractivity contribution in [2.45, 2.75) is 0 Å². The van der Waals surface area contributed by atoms with E-state index in [9.17, 15) is 0 Å². The molecule has 0 aliphatic heterocycles. The second-order valence-corrected chi connectivity index (χ2v) is 0.610. The van der Waals surface area contributed by atoms with Crippen LogP contribution in [0.1, 0.15) is 0 Å². The van der Waals surface area contributed by atoms with E-state index in [0.717, 1.165) is 0 Å². The van der Waals surface area contributed by atoms with Crippen molar-refractivity contribution < 1.29 is 19.8 Å². The van der Waals surface area contributed by atoms with Gasteiger partial charge in [0.1, 0.15) is 0 Å². The zero-order valence-corrected chi connectivity index (χ0v) is 5.87. The van der Waals surface area contributed by atoms with Crippen LogP contribution < -0.4 is 6.15 Å². The third-order valence-corrected chi connectivity index (χ3v) is 0.183. The minimum absolute atomic E-state index is 0. The zero-order valence-electron chi connectivity index (χ0n) is 4.23. The third-order valence-electron chi connectivity index (χ3n) is 0.183. The summed E-state index contributed by atoms with van der Waals surface area (Å²) in [5, 5.41) is 14.8. The fourth-order valence-electron chi connectivity index (χ4n) is 0. The molecule has 0 aliphatic rings. The van der Waals surface area contributed by atoms with Crippen LogP contribution in [0.3, 0.4) is 0 Å². The van der Waals surface area contributed by atoms with Crippen molar-refractivity contribution in [1.82, 2.24) is 6.15 Å². The minimum atomic E-state index is -1.82. The van der Waals surface area contributed by atoms with Crippen molar-refractivity contribution in [2.75, 3.05) is 0 Å². The van der Waals surface area contributed by atoms with Crippen LogP contribution in [-0.4, -0.2) is 105 Å². The number of carboxylic acid groups (broad SMARTS) is 2. The first-order valence-corrected chi connectivity index (χ1v) is 1.11. The Kier molecular flexibility index (Phi) is 78.4. The molecule has 0 aliphatic carbocycles. The molecule has 0 amide bonds. The van der Waals surface area contributed by atoms with Gasteiger partial charge in [0, 0.05) is 0 Å². The normalized spacial score (nSPS) is 4.00. The summed E-state index contributed by atoms with van der Waals surface area (Å²) in [7, 11) is 0. The van der Waals surface area contributed by atoms with E-state index in [1.54, 1.807) is 0 Å². The first-order chi connectivity index (χ1) is 2.64. The van der Waals surface area contributed by atoms with Crippen molar-refractivity contribution in [3.05, 3.63) is 0 Å². The number of aliphatic carboxylic acids is 2. The molecule has 0 atom stereocenters. The van der Waals surface area contributed by atoms with Gasteiger partial charge in [0.05, 0.1) is 0 Å². The standard InChI is InChI=1S/C2H2O4.Ca.2ClH.H3N.Sr.4H/c3-1(4)2(5)6;;;;;;;;;/h(H,3,4)(H,5,6);;2*1H;1H3;;;;;. The van der Waals surface area contributed by atoms with E-state index < -0.39 is 11.9 Å². The Morgan fingerprint density at radius 1 is 0.909 bits per heavy atom. The molecule has 0 aromatic heterocycles. The van der Waals surface area contributed by atoms with Gasteiger partial charge in [-0.25, -0.2) is 9.59 Å². The molecule has 9 heteroatoms. The number of hydrogen-bond donors (Lipinski definition) is 3. The molecule has 0 bridgehead atoms. The van der Waals surface area contributed by atoms with Gasteiger partial charge in [-0.1, -0.05) is 0 Å². The number of rotatable bonds is 0. The second-order valence-electron chi connectivity index (χ2n) is 0.610. The second kappa shape index (κ2) is 22.8. The van der Waals surface area contributed by atoms with Crippen LogP contribution in [0.15, 0.2) is 0 Å². The number of hydrogen-bond acceptors (Lipinski definition) is 3. The summed E-state index contributed by atoms with van der Waals surface area (Å²) >= 11 is 0. The van der Waals surface area contributed by atoms with Crippen molar-refractivity contribution in [1.29, 1.82) is 0 Å². The van der Waals surface area contributed by atoms with Crippen LogP contribution in [0.4, 0.5) is 0 Å². The predicted molar refractivity (Wildman–Crippen MR) is 51.9 cm³/mol. The molecular weight excluding hydrogens is 301 g/mol. The fraction of sp³-hybridized carbons (Fsp3) is 0. The predicted octanol–water partition coefficient (Wildman–Crippen LogP) is -1.67. The summed E-state index contributed by atoms with van der Waals surface area (Å²) < 4.78 is 0. The molecule has 0 aromatic carbocycles. The zero-order chi connectivity index (χ0) is 5.15. The van der Waals surface area contributed by atoms with E-state index in [1.807, 2.05) is 0 Å². The van der Waals surface area contributed by atoms with Crippen molar-refractivity contribution >= 4 is 120 Å². The Bertz CT molecular complexity index is 92.1. The van der Waals surface area contributed by atoms with Gasteiger partial charge >= 0.3 is 95.2 Å². The number of carbonyl (C=O) groups is 2. The first-order valence-electron chi connectivity index (χ1n) is 1.11. The van der Waals surface area contributed by atoms with E-state index in [2.05, 4.69) is 0 Å². The van der Waals surface area contributed by atoms with Gasteiger partial charge in [-0.15, -0.1) is 24.8 Å². The number of carboxylic acids is 2. The average molecular weight is 312 g/mol. The molecule has 0 spiro atoms. The van der Waals surface area contributed by atoms with Crippen molar-refractivity contribution in [3.8, 4) is 0 Å². The van der Waals surface area contributed by atoms with E-state index in [1.165, 1.54) is 0 Å². The van der Waals surface area contributed by atoms with E-state index in [0.29, 0.717) is 0 Å². The molecule has 11 heavy (non-hydrogen) atoms. The van der Waals surface area contributed by atoms with Crippen molar-refractivity contribution in [2.24, 2.45) is 0 Å². The first kappa shape index (κ1) is 37.9. The Labute approximate surface area is 143 Å². The van der Waals surface area contributed by atoms with E-state index in [4.69, 9.17) is 19.8 Å².